The molecule has 0 amide bonds. The van der Waals surface area contributed by atoms with Gasteiger partial charge in [0.15, 0.2) is 11.0 Å². The van der Waals surface area contributed by atoms with Crippen molar-refractivity contribution in [3.05, 3.63) is 51.1 Å². The van der Waals surface area contributed by atoms with Gasteiger partial charge in [-0.25, -0.2) is 4.98 Å². The van der Waals surface area contributed by atoms with Gasteiger partial charge in [0, 0.05) is 5.69 Å². The number of pyridine rings is 1. The van der Waals surface area contributed by atoms with E-state index in [-0.39, 0.29) is 20.8 Å². The van der Waals surface area contributed by atoms with Crippen molar-refractivity contribution >= 4 is 46.3 Å². The Kier molecular flexibility index (Phi) is 3.93. The lowest BCUT2D eigenvalue weighted by molar-refractivity contribution is 1.29. The maximum Gasteiger partial charge on any atom is 0.152 e. The first-order chi connectivity index (χ1) is 8.63. The Bertz CT molecular complexity index is 621. The molecule has 0 fully saturated rings. The summed E-state index contributed by atoms with van der Waals surface area (Å²) in [6.45, 7) is 0. The molecule has 2 aromatic rings. The van der Waals surface area contributed by atoms with Gasteiger partial charge < -0.3 is 5.32 Å². The molecule has 0 aliphatic rings. The third-order valence-corrected chi connectivity index (χ3v) is 3.29. The van der Waals surface area contributed by atoms with Crippen LogP contribution < -0.4 is 5.32 Å². The first-order valence-corrected chi connectivity index (χ1v) is 6.03. The number of rotatable bonds is 2. The highest BCUT2D eigenvalue weighted by Crippen LogP contribution is 2.35. The zero-order chi connectivity index (χ0) is 13.1. The summed E-state index contributed by atoms with van der Waals surface area (Å²) in [4.78, 5) is 4.02. The van der Waals surface area contributed by atoms with E-state index in [1.165, 1.54) is 0 Å². The highest BCUT2D eigenvalue weighted by molar-refractivity contribution is 6.44. The number of anilines is 2. The molecule has 1 aromatic carbocycles. The third-order valence-electron chi connectivity index (χ3n) is 2.19. The molecule has 0 spiro atoms. The van der Waals surface area contributed by atoms with E-state index in [2.05, 4.69) is 10.3 Å². The number of para-hydroxylation sites is 1. The van der Waals surface area contributed by atoms with Crippen LogP contribution in [0.15, 0.2) is 30.3 Å². The Hall–Kier alpha value is -1.47. The van der Waals surface area contributed by atoms with Gasteiger partial charge >= 0.3 is 0 Å². The number of nitrogens with zero attached hydrogens (tertiary/aromatic N) is 2. The van der Waals surface area contributed by atoms with E-state index in [4.69, 9.17) is 40.1 Å². The summed E-state index contributed by atoms with van der Waals surface area (Å²) in [5.41, 5.74) is 0.894. The van der Waals surface area contributed by atoms with E-state index in [1.807, 2.05) is 36.4 Å². The predicted octanol–water partition coefficient (Wildman–Crippen LogP) is 4.66. The number of aromatic nitrogens is 1. The Morgan fingerprint density at radius 1 is 1.06 bits per heavy atom. The van der Waals surface area contributed by atoms with Gasteiger partial charge in [0.1, 0.15) is 11.1 Å². The summed E-state index contributed by atoms with van der Waals surface area (Å²) in [5.74, 6) is 0.300. The van der Waals surface area contributed by atoms with E-state index in [1.54, 1.807) is 0 Å². The Morgan fingerprint density at radius 3 is 2.33 bits per heavy atom. The predicted molar refractivity (Wildman–Crippen MR) is 73.7 cm³/mol. The maximum atomic E-state index is 8.98. The molecule has 0 radical (unpaired) electrons. The lowest BCUT2D eigenvalue weighted by Crippen LogP contribution is -1.97. The Balaban J connectivity index is 2.47. The maximum absolute atomic E-state index is 8.98. The van der Waals surface area contributed by atoms with Crippen LogP contribution in [0.1, 0.15) is 5.56 Å². The summed E-state index contributed by atoms with van der Waals surface area (Å²) in [6, 6.07) is 11.2. The molecule has 0 aliphatic heterocycles. The zero-order valence-corrected chi connectivity index (χ0v) is 11.2. The number of halogens is 3. The van der Waals surface area contributed by atoms with E-state index in [0.717, 1.165) is 5.69 Å². The lowest BCUT2D eigenvalue weighted by atomic mass is 10.2. The zero-order valence-electron chi connectivity index (χ0n) is 8.92. The van der Waals surface area contributed by atoms with Crippen molar-refractivity contribution < 1.29 is 0 Å². The van der Waals surface area contributed by atoms with E-state index in [0.29, 0.717) is 5.82 Å². The molecule has 1 N–H and O–H groups in total. The average Bonchev–Trinajstić information content (AvgIpc) is 2.38. The second-order valence-electron chi connectivity index (χ2n) is 3.36. The summed E-state index contributed by atoms with van der Waals surface area (Å²) in [5, 5.41) is 12.2. The van der Waals surface area contributed by atoms with Gasteiger partial charge in [0.2, 0.25) is 0 Å². The fraction of sp³-hybridized carbons (Fsp3) is 0. The Morgan fingerprint density at radius 2 is 1.72 bits per heavy atom. The van der Waals surface area contributed by atoms with Crippen LogP contribution in [-0.4, -0.2) is 4.98 Å². The second-order valence-corrected chi connectivity index (χ2v) is 4.47. The molecule has 90 valence electrons. The minimum absolute atomic E-state index is 0.0380. The summed E-state index contributed by atoms with van der Waals surface area (Å²) in [7, 11) is 0. The van der Waals surface area contributed by atoms with Crippen LogP contribution in [0.3, 0.4) is 0 Å². The molecule has 0 unspecified atom stereocenters. The monoisotopic (exact) mass is 297 g/mol. The van der Waals surface area contributed by atoms with Crippen LogP contribution in [0.4, 0.5) is 11.5 Å². The van der Waals surface area contributed by atoms with Gasteiger partial charge in [-0.3, -0.25) is 0 Å². The van der Waals surface area contributed by atoms with Gasteiger partial charge in [-0.15, -0.1) is 0 Å². The van der Waals surface area contributed by atoms with Gasteiger partial charge in [0.25, 0.3) is 0 Å². The SMILES string of the molecule is N#Cc1c(Cl)c(Cl)nc(Nc2ccccc2)c1Cl. The van der Waals surface area contributed by atoms with Crippen molar-refractivity contribution in [3.8, 4) is 6.07 Å². The Labute approximate surface area is 119 Å². The number of hydrogen-bond acceptors (Lipinski definition) is 3. The third kappa shape index (κ3) is 2.51. The second kappa shape index (κ2) is 5.45. The lowest BCUT2D eigenvalue weighted by Gasteiger charge is -2.10. The van der Waals surface area contributed by atoms with Crippen molar-refractivity contribution in [1.29, 1.82) is 5.26 Å². The van der Waals surface area contributed by atoms with Crippen molar-refractivity contribution in [3.63, 3.8) is 0 Å². The summed E-state index contributed by atoms with van der Waals surface area (Å²) in [6.07, 6.45) is 0. The molecule has 3 nitrogen and oxygen atoms in total. The highest BCUT2D eigenvalue weighted by atomic mass is 35.5. The molecule has 0 saturated carbocycles. The van der Waals surface area contributed by atoms with Crippen LogP contribution in [0.5, 0.6) is 0 Å². The van der Waals surface area contributed by atoms with Crippen molar-refractivity contribution in [2.24, 2.45) is 0 Å². The first kappa shape index (κ1) is 13.0. The number of benzene rings is 1. The quantitative estimate of drug-likeness (QED) is 0.820. The highest BCUT2D eigenvalue weighted by Gasteiger charge is 2.16. The van der Waals surface area contributed by atoms with Crippen LogP contribution in [-0.2, 0) is 0 Å². The number of hydrogen-bond donors (Lipinski definition) is 1. The van der Waals surface area contributed by atoms with Crippen LogP contribution in [0.25, 0.3) is 0 Å². The molecule has 1 aromatic heterocycles. The molecule has 1 heterocycles. The van der Waals surface area contributed by atoms with Gasteiger partial charge in [-0.2, -0.15) is 5.26 Å². The van der Waals surface area contributed by atoms with E-state index >= 15 is 0 Å². The van der Waals surface area contributed by atoms with Crippen molar-refractivity contribution in [1.82, 2.24) is 4.98 Å². The molecule has 6 heteroatoms. The summed E-state index contributed by atoms with van der Waals surface area (Å²) < 4.78 is 0. The topological polar surface area (TPSA) is 48.7 Å². The molecular weight excluding hydrogens is 293 g/mol. The van der Waals surface area contributed by atoms with Gasteiger partial charge in [0.05, 0.1) is 10.6 Å². The fourth-order valence-corrected chi connectivity index (χ4v) is 1.99. The van der Waals surface area contributed by atoms with Gasteiger partial charge in [-0.05, 0) is 12.1 Å². The van der Waals surface area contributed by atoms with Crippen molar-refractivity contribution in [2.75, 3.05) is 5.32 Å². The largest absolute Gasteiger partial charge is 0.339 e. The average molecular weight is 299 g/mol. The van der Waals surface area contributed by atoms with Crippen LogP contribution in [0.2, 0.25) is 15.2 Å². The molecule has 18 heavy (non-hydrogen) atoms. The molecule has 0 bridgehead atoms. The fourth-order valence-electron chi connectivity index (χ4n) is 1.35. The number of nitrogens with one attached hydrogen (secondary N) is 1. The molecule has 0 saturated heterocycles. The van der Waals surface area contributed by atoms with Crippen LogP contribution >= 0.6 is 34.8 Å². The van der Waals surface area contributed by atoms with Crippen molar-refractivity contribution in [2.45, 2.75) is 0 Å². The van der Waals surface area contributed by atoms with E-state index in [9.17, 15) is 0 Å². The molecule has 0 aliphatic carbocycles. The molecule has 2 rings (SSSR count). The smallest absolute Gasteiger partial charge is 0.152 e. The normalized spacial score (nSPS) is 9.89. The standard InChI is InChI=1S/C12H6Cl3N3/c13-9-8(6-16)10(14)12(18-11(9)15)17-7-4-2-1-3-5-7/h1-5H,(H,17,18). The number of nitriles is 1. The van der Waals surface area contributed by atoms with Crippen LogP contribution in [0, 0.1) is 11.3 Å². The molecule has 0 atom stereocenters. The minimum atomic E-state index is 0.0380. The first-order valence-electron chi connectivity index (χ1n) is 4.90. The summed E-state index contributed by atoms with van der Waals surface area (Å²) >= 11 is 17.7. The molecular formula is C12H6Cl3N3. The van der Waals surface area contributed by atoms with E-state index < -0.39 is 0 Å². The minimum Gasteiger partial charge on any atom is -0.339 e. The van der Waals surface area contributed by atoms with Gasteiger partial charge in [-0.1, -0.05) is 53.0 Å².